The molecule has 0 aliphatic carbocycles. The van der Waals surface area contributed by atoms with Crippen LogP contribution in [-0.2, 0) is 16.0 Å². The number of anilines is 1. The zero-order valence-electron chi connectivity index (χ0n) is 12.2. The summed E-state index contributed by atoms with van der Waals surface area (Å²) in [5.41, 5.74) is 9.39. The second-order valence-corrected chi connectivity index (χ2v) is 5.71. The number of fused-ring (bicyclic) bond motifs is 1. The largest absolute Gasteiger partial charge is 0.462 e. The summed E-state index contributed by atoms with van der Waals surface area (Å²) >= 11 is 0. The van der Waals surface area contributed by atoms with Crippen LogP contribution < -0.4 is 11.1 Å². The summed E-state index contributed by atoms with van der Waals surface area (Å²) in [6.07, 6.45) is 1.13. The van der Waals surface area contributed by atoms with Gasteiger partial charge in [-0.2, -0.15) is 0 Å². The number of carbonyl (C=O) groups is 1. The summed E-state index contributed by atoms with van der Waals surface area (Å²) in [6.45, 7) is 9.01. The van der Waals surface area contributed by atoms with Gasteiger partial charge in [-0.1, -0.05) is 12.1 Å². The summed E-state index contributed by atoms with van der Waals surface area (Å²) in [5, 5.41) is 3.33. The quantitative estimate of drug-likeness (QED) is 0.806. The Bertz CT molecular complexity index is 423. The molecule has 0 saturated heterocycles. The molecule has 0 aromatic heterocycles. The average molecular weight is 264 g/mol. The monoisotopic (exact) mass is 264 g/mol. The summed E-state index contributed by atoms with van der Waals surface area (Å²) in [6, 6.07) is 6.58. The maximum Gasteiger partial charge on any atom is 0.293 e. The molecule has 4 heteroatoms. The Labute approximate surface area is 115 Å². The first kappa shape index (κ1) is 15.5. The first-order valence-electron chi connectivity index (χ1n) is 6.57. The molecule has 0 radical (unpaired) electrons. The summed E-state index contributed by atoms with van der Waals surface area (Å²) in [5.74, 6) is 0. The van der Waals surface area contributed by atoms with E-state index >= 15 is 0 Å². The number of nitrogens with one attached hydrogen (secondary N) is 1. The molecule has 1 aliphatic rings. The molecule has 1 unspecified atom stereocenters. The molecule has 4 nitrogen and oxygen atoms in total. The van der Waals surface area contributed by atoms with Crippen LogP contribution in [0.25, 0.3) is 0 Å². The molecule has 19 heavy (non-hydrogen) atoms. The molecule has 1 heterocycles. The first-order valence-corrected chi connectivity index (χ1v) is 6.57. The molecule has 0 saturated carbocycles. The highest BCUT2D eigenvalue weighted by Gasteiger charge is 2.10. The number of rotatable bonds is 2. The first-order chi connectivity index (χ1) is 8.83. The van der Waals surface area contributed by atoms with E-state index in [2.05, 4.69) is 28.3 Å². The summed E-state index contributed by atoms with van der Waals surface area (Å²) in [7, 11) is 0. The molecular formula is C15H24N2O2. The number of carbonyl (C=O) groups excluding carboxylic acids is 1. The van der Waals surface area contributed by atoms with Gasteiger partial charge in [0.1, 0.15) is 5.60 Å². The molecular weight excluding hydrogens is 240 g/mol. The van der Waals surface area contributed by atoms with Gasteiger partial charge in [-0.3, -0.25) is 4.79 Å². The van der Waals surface area contributed by atoms with Crippen molar-refractivity contribution in [1.82, 2.24) is 0 Å². The van der Waals surface area contributed by atoms with Crippen LogP contribution in [0, 0.1) is 0 Å². The molecule has 0 bridgehead atoms. The predicted molar refractivity (Wildman–Crippen MR) is 78.1 cm³/mol. The fourth-order valence-electron chi connectivity index (χ4n) is 1.75. The highest BCUT2D eigenvalue weighted by molar-refractivity contribution is 5.56. The van der Waals surface area contributed by atoms with Gasteiger partial charge in [0.2, 0.25) is 0 Å². The lowest BCUT2D eigenvalue weighted by Crippen LogP contribution is -2.17. The number of hydrogen-bond donors (Lipinski definition) is 2. The minimum atomic E-state index is -0.318. The standard InChI is InChI=1S/C10H14N2.C5H10O2/c1-7(11)8-2-3-10-9(6-8)4-5-12-10;1-5(2,3)7-4-6/h2-3,6-7,12H,4-5,11H2,1H3;4H,1-3H3. The lowest BCUT2D eigenvalue weighted by molar-refractivity contribution is -0.138. The van der Waals surface area contributed by atoms with Gasteiger partial charge in [-0.25, -0.2) is 0 Å². The van der Waals surface area contributed by atoms with Crippen molar-refractivity contribution in [3.8, 4) is 0 Å². The van der Waals surface area contributed by atoms with Crippen molar-refractivity contribution >= 4 is 12.2 Å². The topological polar surface area (TPSA) is 64.3 Å². The third kappa shape index (κ3) is 5.30. The van der Waals surface area contributed by atoms with E-state index in [1.165, 1.54) is 16.8 Å². The molecule has 3 N–H and O–H groups in total. The van der Waals surface area contributed by atoms with Gasteiger partial charge in [0.25, 0.3) is 6.47 Å². The van der Waals surface area contributed by atoms with Crippen molar-refractivity contribution in [3.05, 3.63) is 29.3 Å². The zero-order chi connectivity index (χ0) is 14.5. The molecule has 2 rings (SSSR count). The predicted octanol–water partition coefficient (Wildman–Crippen LogP) is 2.63. The van der Waals surface area contributed by atoms with Gasteiger partial charge >= 0.3 is 0 Å². The number of nitrogens with two attached hydrogens (primary N) is 1. The van der Waals surface area contributed by atoms with Crippen molar-refractivity contribution < 1.29 is 9.53 Å². The third-order valence-corrected chi connectivity index (χ3v) is 2.77. The van der Waals surface area contributed by atoms with Gasteiger partial charge in [-0.05, 0) is 51.3 Å². The van der Waals surface area contributed by atoms with Crippen LogP contribution in [0.3, 0.4) is 0 Å². The molecule has 1 aromatic carbocycles. The highest BCUT2D eigenvalue weighted by Crippen LogP contribution is 2.24. The smallest absolute Gasteiger partial charge is 0.293 e. The minimum Gasteiger partial charge on any atom is -0.462 e. The van der Waals surface area contributed by atoms with Crippen LogP contribution in [0.15, 0.2) is 18.2 Å². The molecule has 1 aromatic rings. The molecule has 1 aliphatic heterocycles. The Kier molecular flexibility index (Phi) is 5.36. The van der Waals surface area contributed by atoms with E-state index in [-0.39, 0.29) is 11.6 Å². The Balaban J connectivity index is 0.000000224. The molecule has 0 amide bonds. The zero-order valence-corrected chi connectivity index (χ0v) is 12.2. The molecule has 0 fully saturated rings. The van der Waals surface area contributed by atoms with Crippen LogP contribution in [0.4, 0.5) is 5.69 Å². The maximum atomic E-state index is 9.60. The van der Waals surface area contributed by atoms with Crippen molar-refractivity contribution in [2.24, 2.45) is 5.73 Å². The van der Waals surface area contributed by atoms with Crippen molar-refractivity contribution in [1.29, 1.82) is 0 Å². The highest BCUT2D eigenvalue weighted by atomic mass is 16.5. The van der Waals surface area contributed by atoms with E-state index in [4.69, 9.17) is 5.73 Å². The van der Waals surface area contributed by atoms with E-state index in [0.29, 0.717) is 6.47 Å². The van der Waals surface area contributed by atoms with Gasteiger partial charge in [0, 0.05) is 18.3 Å². The van der Waals surface area contributed by atoms with Crippen molar-refractivity contribution in [2.75, 3.05) is 11.9 Å². The fourth-order valence-corrected chi connectivity index (χ4v) is 1.75. The minimum absolute atomic E-state index is 0.149. The lowest BCUT2D eigenvalue weighted by atomic mass is 10.0. The van der Waals surface area contributed by atoms with E-state index in [1.807, 2.05) is 27.7 Å². The fraction of sp³-hybridized carbons (Fsp3) is 0.533. The SMILES string of the molecule is CC(C)(C)OC=O.CC(N)c1ccc2c(c1)CCN2. The van der Waals surface area contributed by atoms with Crippen LogP contribution in [-0.4, -0.2) is 18.6 Å². The lowest BCUT2D eigenvalue weighted by Gasteiger charge is -2.14. The second kappa shape index (κ2) is 6.57. The van der Waals surface area contributed by atoms with E-state index in [0.717, 1.165) is 13.0 Å². The van der Waals surface area contributed by atoms with Crippen LogP contribution in [0.1, 0.15) is 44.9 Å². The van der Waals surface area contributed by atoms with Gasteiger partial charge in [0.15, 0.2) is 0 Å². The number of ether oxygens (including phenoxy) is 1. The van der Waals surface area contributed by atoms with Gasteiger partial charge in [0.05, 0.1) is 0 Å². The molecule has 106 valence electrons. The normalized spacial score (nSPS) is 14.6. The Morgan fingerprint density at radius 2 is 2.11 bits per heavy atom. The van der Waals surface area contributed by atoms with Gasteiger partial charge < -0.3 is 15.8 Å². The van der Waals surface area contributed by atoms with Crippen LogP contribution >= 0.6 is 0 Å². The Morgan fingerprint density at radius 3 is 2.58 bits per heavy atom. The Morgan fingerprint density at radius 1 is 1.42 bits per heavy atom. The number of benzene rings is 1. The summed E-state index contributed by atoms with van der Waals surface area (Å²) in [4.78, 5) is 9.60. The third-order valence-electron chi connectivity index (χ3n) is 2.77. The van der Waals surface area contributed by atoms with Crippen LogP contribution in [0.2, 0.25) is 0 Å². The summed E-state index contributed by atoms with van der Waals surface area (Å²) < 4.78 is 4.55. The molecule has 0 spiro atoms. The van der Waals surface area contributed by atoms with E-state index < -0.39 is 0 Å². The van der Waals surface area contributed by atoms with Crippen LogP contribution in [0.5, 0.6) is 0 Å². The molecule has 1 atom stereocenters. The average Bonchev–Trinajstić information content (AvgIpc) is 2.74. The Hall–Kier alpha value is -1.55. The van der Waals surface area contributed by atoms with Crippen molar-refractivity contribution in [3.63, 3.8) is 0 Å². The second-order valence-electron chi connectivity index (χ2n) is 5.71. The van der Waals surface area contributed by atoms with Crippen molar-refractivity contribution in [2.45, 2.75) is 45.8 Å². The van der Waals surface area contributed by atoms with E-state index in [1.54, 1.807) is 0 Å². The van der Waals surface area contributed by atoms with Gasteiger partial charge in [-0.15, -0.1) is 0 Å². The number of hydrogen-bond acceptors (Lipinski definition) is 4. The van der Waals surface area contributed by atoms with E-state index in [9.17, 15) is 4.79 Å². The maximum absolute atomic E-state index is 9.60.